The fourth-order valence-electron chi connectivity index (χ4n) is 7.22. The van der Waals surface area contributed by atoms with Gasteiger partial charge in [-0.1, -0.05) is 38.8 Å². The monoisotopic (exact) mass is 621 g/mol. The van der Waals surface area contributed by atoms with E-state index in [1.165, 1.54) is 22.8 Å². The van der Waals surface area contributed by atoms with E-state index in [1.807, 2.05) is 23.1 Å². The maximum absolute atomic E-state index is 14.4. The number of carbonyl (C=O) groups excluding carboxylic acids is 1. The summed E-state index contributed by atoms with van der Waals surface area (Å²) in [4.78, 5) is 31.1. The average molecular weight is 622 g/mol. The summed E-state index contributed by atoms with van der Waals surface area (Å²) in [5.74, 6) is -2.10. The third kappa shape index (κ3) is 6.81. The van der Waals surface area contributed by atoms with Crippen molar-refractivity contribution in [2.75, 3.05) is 24.6 Å². The highest BCUT2D eigenvalue weighted by Gasteiger charge is 2.47. The van der Waals surface area contributed by atoms with E-state index in [4.69, 9.17) is 4.74 Å². The van der Waals surface area contributed by atoms with Crippen LogP contribution in [0.5, 0.6) is 17.5 Å². The quantitative estimate of drug-likeness (QED) is 0.220. The van der Waals surface area contributed by atoms with E-state index in [0.29, 0.717) is 24.4 Å². The predicted molar refractivity (Wildman–Crippen MR) is 169 cm³/mol. The van der Waals surface area contributed by atoms with Gasteiger partial charge in [-0.25, -0.2) is 4.39 Å². The van der Waals surface area contributed by atoms with Crippen LogP contribution in [0.4, 0.5) is 10.1 Å². The zero-order valence-corrected chi connectivity index (χ0v) is 26.3. The third-order valence-electron chi connectivity index (χ3n) is 9.39. The number of nitrogens with zero attached hydrogens (tertiary/aromatic N) is 3. The SMILES string of the molecule is CCCC(CCC)N(C(=O)CN1C[C@H](c2ccc3c(c2)CCO3)[C@@H](C(=O)O)[C@@H]1CCn1c(O)ccc1O)c1ccc(F)c(C)c1. The fourth-order valence-corrected chi connectivity index (χ4v) is 7.22. The van der Waals surface area contributed by atoms with Crippen molar-refractivity contribution in [1.29, 1.82) is 0 Å². The van der Waals surface area contributed by atoms with Crippen LogP contribution >= 0.6 is 0 Å². The molecule has 0 saturated carbocycles. The minimum Gasteiger partial charge on any atom is -0.494 e. The van der Waals surface area contributed by atoms with E-state index in [0.717, 1.165) is 49.0 Å². The number of aryl methyl sites for hydroxylation is 1. The van der Waals surface area contributed by atoms with Gasteiger partial charge in [-0.2, -0.15) is 0 Å². The third-order valence-corrected chi connectivity index (χ3v) is 9.39. The summed E-state index contributed by atoms with van der Waals surface area (Å²) in [7, 11) is 0. The first-order valence-electron chi connectivity index (χ1n) is 16.0. The van der Waals surface area contributed by atoms with Crippen LogP contribution in [0.1, 0.15) is 68.6 Å². The molecule has 1 amide bonds. The molecule has 3 N–H and O–H groups in total. The molecule has 242 valence electrons. The van der Waals surface area contributed by atoms with Crippen molar-refractivity contribution in [1.82, 2.24) is 9.47 Å². The highest BCUT2D eigenvalue weighted by Crippen LogP contribution is 2.42. The number of aromatic nitrogens is 1. The largest absolute Gasteiger partial charge is 0.494 e. The Labute approximate surface area is 263 Å². The van der Waals surface area contributed by atoms with Crippen molar-refractivity contribution in [2.45, 2.75) is 83.8 Å². The normalized spacial score (nSPS) is 19.5. The number of likely N-dealkylation sites (tertiary alicyclic amines) is 1. The van der Waals surface area contributed by atoms with E-state index in [-0.39, 0.29) is 55.0 Å². The summed E-state index contributed by atoms with van der Waals surface area (Å²) in [6.45, 7) is 6.92. The van der Waals surface area contributed by atoms with Gasteiger partial charge in [-0.15, -0.1) is 0 Å². The summed E-state index contributed by atoms with van der Waals surface area (Å²) >= 11 is 0. The lowest BCUT2D eigenvalue weighted by Crippen LogP contribution is -2.48. The van der Waals surface area contributed by atoms with Crippen LogP contribution < -0.4 is 9.64 Å². The van der Waals surface area contributed by atoms with Crippen LogP contribution in [0.3, 0.4) is 0 Å². The molecular formula is C35H44FN3O6. The van der Waals surface area contributed by atoms with Gasteiger partial charge < -0.3 is 25.0 Å². The molecule has 9 nitrogen and oxygen atoms in total. The van der Waals surface area contributed by atoms with Crippen molar-refractivity contribution >= 4 is 17.6 Å². The Kier molecular flexibility index (Phi) is 10.0. The number of benzene rings is 2. The number of carboxylic acids is 1. The van der Waals surface area contributed by atoms with E-state index >= 15 is 0 Å². The Morgan fingerprint density at radius 3 is 2.40 bits per heavy atom. The van der Waals surface area contributed by atoms with Gasteiger partial charge in [0.25, 0.3) is 0 Å². The summed E-state index contributed by atoms with van der Waals surface area (Å²) in [6, 6.07) is 12.7. The Bertz CT molecular complexity index is 1500. The zero-order chi connectivity index (χ0) is 32.2. The molecule has 3 heterocycles. The maximum atomic E-state index is 14.4. The summed E-state index contributed by atoms with van der Waals surface area (Å²) in [6.07, 6.45) is 4.35. The highest BCUT2D eigenvalue weighted by atomic mass is 19.1. The van der Waals surface area contributed by atoms with Crippen LogP contribution in [0.15, 0.2) is 48.5 Å². The van der Waals surface area contributed by atoms with Gasteiger partial charge in [0, 0.05) is 55.3 Å². The standard InChI is InChI=1S/C35H44FN3O6/c1-4-6-25(7-5-2)39(26-9-10-28(36)22(3)18-26)33(42)21-37-20-27(23-8-11-30-24(19-23)15-17-45-30)34(35(43)44)29(37)14-16-38-31(40)12-13-32(38)41/h8-13,18-19,25,27,29,34,40-41H,4-7,14-17,20-21H2,1-3H3,(H,43,44)/t27-,29+,34-/m1/s1. The molecule has 5 rings (SSSR count). The molecule has 2 aliphatic heterocycles. The number of carboxylic acid groups (broad SMARTS) is 1. The molecule has 45 heavy (non-hydrogen) atoms. The van der Waals surface area contributed by atoms with Gasteiger partial charge in [0.1, 0.15) is 11.6 Å². The molecule has 3 aromatic rings. The lowest BCUT2D eigenvalue weighted by atomic mass is 9.83. The second-order valence-corrected chi connectivity index (χ2v) is 12.4. The van der Waals surface area contributed by atoms with Gasteiger partial charge in [-0.3, -0.25) is 19.1 Å². The second-order valence-electron chi connectivity index (χ2n) is 12.4. The number of halogens is 1. The number of ether oxygens (including phenoxy) is 1. The van der Waals surface area contributed by atoms with Gasteiger partial charge in [0.2, 0.25) is 5.91 Å². The summed E-state index contributed by atoms with van der Waals surface area (Å²) < 4.78 is 21.3. The smallest absolute Gasteiger partial charge is 0.308 e. The van der Waals surface area contributed by atoms with E-state index in [2.05, 4.69) is 13.8 Å². The van der Waals surface area contributed by atoms with E-state index < -0.39 is 17.9 Å². The first kappa shape index (κ1) is 32.3. The lowest BCUT2D eigenvalue weighted by molar-refractivity contribution is -0.143. The molecule has 0 aliphatic carbocycles. The number of carbonyl (C=O) groups is 2. The molecular weight excluding hydrogens is 577 g/mol. The Balaban J connectivity index is 1.50. The number of aromatic hydroxyl groups is 2. The molecule has 10 heteroatoms. The number of rotatable bonds is 13. The Morgan fingerprint density at radius 2 is 1.76 bits per heavy atom. The first-order chi connectivity index (χ1) is 21.6. The minimum atomic E-state index is -0.960. The van der Waals surface area contributed by atoms with Crippen molar-refractivity contribution in [3.63, 3.8) is 0 Å². The molecule has 0 radical (unpaired) electrons. The Hall–Kier alpha value is -4.05. The molecule has 1 fully saturated rings. The first-order valence-corrected chi connectivity index (χ1v) is 16.0. The summed E-state index contributed by atoms with van der Waals surface area (Å²) in [5.41, 5.74) is 3.02. The van der Waals surface area contributed by atoms with Crippen molar-refractivity contribution < 1.29 is 34.0 Å². The number of anilines is 1. The number of hydrogen-bond donors (Lipinski definition) is 3. The van der Waals surface area contributed by atoms with E-state index in [9.17, 15) is 29.3 Å². The van der Waals surface area contributed by atoms with Crippen molar-refractivity contribution in [2.24, 2.45) is 5.92 Å². The molecule has 1 aromatic heterocycles. The zero-order valence-electron chi connectivity index (χ0n) is 26.3. The predicted octanol–water partition coefficient (Wildman–Crippen LogP) is 5.84. The Morgan fingerprint density at radius 1 is 1.04 bits per heavy atom. The number of fused-ring (bicyclic) bond motifs is 1. The molecule has 1 saturated heterocycles. The second kappa shape index (κ2) is 13.9. The average Bonchev–Trinajstić information content (AvgIpc) is 3.71. The van der Waals surface area contributed by atoms with Crippen LogP contribution in [0, 0.1) is 18.7 Å². The van der Waals surface area contributed by atoms with Gasteiger partial charge in [-0.05, 0) is 67.1 Å². The van der Waals surface area contributed by atoms with Gasteiger partial charge in [0.05, 0.1) is 19.1 Å². The van der Waals surface area contributed by atoms with Crippen molar-refractivity contribution in [3.05, 3.63) is 71.0 Å². The maximum Gasteiger partial charge on any atom is 0.308 e. The van der Waals surface area contributed by atoms with E-state index in [1.54, 1.807) is 24.0 Å². The van der Waals surface area contributed by atoms with Crippen molar-refractivity contribution in [3.8, 4) is 17.5 Å². The molecule has 2 aliphatic rings. The number of aliphatic carboxylic acids is 1. The fraction of sp³-hybridized carbons (Fsp3) is 0.486. The van der Waals surface area contributed by atoms with Gasteiger partial charge >= 0.3 is 5.97 Å². The molecule has 0 spiro atoms. The highest BCUT2D eigenvalue weighted by molar-refractivity contribution is 5.95. The minimum absolute atomic E-state index is 0.0248. The number of hydrogen-bond acceptors (Lipinski definition) is 6. The molecule has 0 unspecified atom stereocenters. The number of amides is 1. The summed E-state index contributed by atoms with van der Waals surface area (Å²) in [5, 5.41) is 31.2. The van der Waals surface area contributed by atoms with Crippen LogP contribution in [-0.4, -0.2) is 68.4 Å². The van der Waals surface area contributed by atoms with Crippen LogP contribution in [0.25, 0.3) is 0 Å². The molecule has 3 atom stereocenters. The molecule has 0 bridgehead atoms. The van der Waals surface area contributed by atoms with Crippen LogP contribution in [-0.2, 0) is 22.6 Å². The lowest BCUT2D eigenvalue weighted by Gasteiger charge is -2.35. The molecule has 2 aromatic carbocycles. The van der Waals surface area contributed by atoms with Crippen LogP contribution in [0.2, 0.25) is 0 Å². The van der Waals surface area contributed by atoms with Gasteiger partial charge in [0.15, 0.2) is 11.8 Å². The topological polar surface area (TPSA) is 115 Å².